The van der Waals surface area contributed by atoms with Gasteiger partial charge in [0.15, 0.2) is 0 Å². The minimum Gasteiger partial charge on any atom is -0.377 e. The van der Waals surface area contributed by atoms with E-state index in [2.05, 4.69) is 53.5 Å². The lowest BCUT2D eigenvalue weighted by molar-refractivity contribution is -0.00138. The van der Waals surface area contributed by atoms with E-state index in [1.165, 1.54) is 49.2 Å². The fourth-order valence-corrected chi connectivity index (χ4v) is 6.20. The summed E-state index contributed by atoms with van der Waals surface area (Å²) in [6.45, 7) is 2.46. The Bertz CT molecular complexity index is 831. The topological polar surface area (TPSA) is 35.6 Å². The van der Waals surface area contributed by atoms with E-state index in [0.29, 0.717) is 17.5 Å². The van der Waals surface area contributed by atoms with Gasteiger partial charge in [0, 0.05) is 19.6 Å². The molecule has 3 aliphatic heterocycles. The van der Waals surface area contributed by atoms with E-state index in [1.807, 2.05) is 0 Å². The third-order valence-electron chi connectivity index (χ3n) is 6.50. The highest BCUT2D eigenvalue weighted by atomic mass is 32.1. The van der Waals surface area contributed by atoms with E-state index in [4.69, 9.17) is 0 Å². The van der Waals surface area contributed by atoms with Crippen molar-refractivity contribution in [2.75, 3.05) is 32.1 Å². The summed E-state index contributed by atoms with van der Waals surface area (Å²) in [7, 11) is 4.11. The van der Waals surface area contributed by atoms with E-state index in [-0.39, 0.29) is 5.91 Å². The molecule has 1 aliphatic carbocycles. The van der Waals surface area contributed by atoms with Crippen molar-refractivity contribution in [3.05, 3.63) is 29.1 Å². The molecule has 4 heterocycles. The minimum atomic E-state index is 0.121. The molecule has 1 spiro atoms. The molecule has 3 saturated heterocycles. The molecule has 1 saturated carbocycles. The van der Waals surface area contributed by atoms with Gasteiger partial charge in [-0.3, -0.25) is 9.69 Å². The van der Waals surface area contributed by atoms with E-state index in [0.717, 1.165) is 10.3 Å². The van der Waals surface area contributed by atoms with Crippen LogP contribution < -0.4 is 10.2 Å². The van der Waals surface area contributed by atoms with Crippen LogP contribution in [-0.4, -0.2) is 49.6 Å². The maximum atomic E-state index is 13.0. The van der Waals surface area contributed by atoms with Crippen LogP contribution in [0.5, 0.6) is 0 Å². The number of benzene rings is 1. The van der Waals surface area contributed by atoms with Gasteiger partial charge in [0.05, 0.1) is 21.3 Å². The first-order valence-corrected chi connectivity index (χ1v) is 10.2. The first kappa shape index (κ1) is 15.6. The number of amides is 1. The van der Waals surface area contributed by atoms with Crippen molar-refractivity contribution in [3.8, 4) is 0 Å². The van der Waals surface area contributed by atoms with Crippen LogP contribution in [0.2, 0.25) is 0 Å². The molecule has 6 rings (SSSR count). The van der Waals surface area contributed by atoms with Gasteiger partial charge in [-0.15, -0.1) is 11.3 Å². The van der Waals surface area contributed by atoms with Crippen LogP contribution in [0.3, 0.4) is 0 Å². The summed E-state index contributed by atoms with van der Waals surface area (Å²) in [6, 6.07) is 8.70. The number of hydrogen-bond acceptors (Lipinski definition) is 4. The first-order valence-electron chi connectivity index (χ1n) is 9.34. The Hall–Kier alpha value is -1.59. The molecular formula is C20H25N3OS. The molecule has 25 heavy (non-hydrogen) atoms. The molecule has 0 radical (unpaired) electrons. The Balaban J connectivity index is 1.43. The van der Waals surface area contributed by atoms with Crippen molar-refractivity contribution in [3.63, 3.8) is 0 Å². The molecule has 1 aromatic carbocycles. The third-order valence-corrected chi connectivity index (χ3v) is 7.67. The predicted octanol–water partition coefficient (Wildman–Crippen LogP) is 3.32. The smallest absolute Gasteiger partial charge is 0.261 e. The molecule has 5 heteroatoms. The highest BCUT2D eigenvalue weighted by molar-refractivity contribution is 7.21. The summed E-state index contributed by atoms with van der Waals surface area (Å²) < 4.78 is 1.20. The highest BCUT2D eigenvalue weighted by Gasteiger charge is 2.60. The standard InChI is InChI=1S/C20H25N3OS/c1-22(2)15-5-3-4-14-12-16(25-17(14)15)19(24)21-18-13-6-10-23(11-7-13)20(18)8-9-20/h3-5,12-13,18H,6-11H2,1-2H3,(H,21,24). The van der Waals surface area contributed by atoms with E-state index >= 15 is 0 Å². The van der Waals surface area contributed by atoms with E-state index in [1.54, 1.807) is 11.3 Å². The van der Waals surface area contributed by atoms with Crippen LogP contribution in [0.1, 0.15) is 35.4 Å². The second-order valence-corrected chi connectivity index (χ2v) is 9.13. The predicted molar refractivity (Wildman–Crippen MR) is 104 cm³/mol. The maximum absolute atomic E-state index is 13.0. The van der Waals surface area contributed by atoms with Crippen LogP contribution in [0, 0.1) is 5.92 Å². The number of carbonyl (C=O) groups is 1. The molecule has 2 aromatic rings. The SMILES string of the molecule is CN(C)c1cccc2cc(C(=O)NC3C4CCN(CC4)C34CC4)sc12. The van der Waals surface area contributed by atoms with Crippen molar-refractivity contribution in [1.82, 2.24) is 10.2 Å². The number of rotatable bonds is 3. The molecule has 1 amide bonds. The van der Waals surface area contributed by atoms with Crippen LogP contribution in [0.15, 0.2) is 24.3 Å². The maximum Gasteiger partial charge on any atom is 0.261 e. The van der Waals surface area contributed by atoms with Crippen molar-refractivity contribution in [1.29, 1.82) is 0 Å². The Morgan fingerprint density at radius 2 is 2.04 bits per heavy atom. The van der Waals surface area contributed by atoms with Crippen LogP contribution >= 0.6 is 11.3 Å². The monoisotopic (exact) mass is 355 g/mol. The first-order chi connectivity index (χ1) is 12.1. The fraction of sp³-hybridized carbons (Fsp3) is 0.550. The molecule has 1 unspecified atom stereocenters. The van der Waals surface area contributed by atoms with Gasteiger partial charge in [-0.2, -0.15) is 0 Å². The summed E-state index contributed by atoms with van der Waals surface area (Å²) >= 11 is 1.62. The lowest BCUT2D eigenvalue weighted by Gasteiger charge is -2.52. The Kier molecular flexibility index (Phi) is 3.41. The van der Waals surface area contributed by atoms with Crippen LogP contribution in [-0.2, 0) is 0 Å². The number of anilines is 1. The summed E-state index contributed by atoms with van der Waals surface area (Å²) in [6.07, 6.45) is 4.99. The molecule has 2 bridgehead atoms. The van der Waals surface area contributed by atoms with Crippen molar-refractivity contribution in [2.45, 2.75) is 37.3 Å². The average molecular weight is 356 g/mol. The normalized spacial score (nSPS) is 29.1. The molecule has 4 fully saturated rings. The number of hydrogen-bond donors (Lipinski definition) is 1. The lowest BCUT2D eigenvalue weighted by atomic mass is 9.77. The summed E-state index contributed by atoms with van der Waals surface area (Å²) in [5.41, 5.74) is 1.48. The average Bonchev–Trinajstić information content (AvgIpc) is 3.26. The van der Waals surface area contributed by atoms with Gasteiger partial charge in [0.25, 0.3) is 5.91 Å². The van der Waals surface area contributed by atoms with Crippen LogP contribution in [0.4, 0.5) is 5.69 Å². The fourth-order valence-electron chi connectivity index (χ4n) is 5.05. The number of thiophene rings is 1. The molecule has 4 aliphatic rings. The zero-order chi connectivity index (χ0) is 17.2. The number of carbonyl (C=O) groups excluding carboxylic acids is 1. The van der Waals surface area contributed by atoms with E-state index < -0.39 is 0 Å². The Labute approximate surface area is 152 Å². The van der Waals surface area contributed by atoms with E-state index in [9.17, 15) is 4.79 Å². The van der Waals surface area contributed by atoms with Gasteiger partial charge < -0.3 is 10.2 Å². The van der Waals surface area contributed by atoms with Gasteiger partial charge >= 0.3 is 0 Å². The lowest BCUT2D eigenvalue weighted by Crippen LogP contribution is -2.65. The highest BCUT2D eigenvalue weighted by Crippen LogP contribution is 2.53. The zero-order valence-corrected chi connectivity index (χ0v) is 15.7. The minimum absolute atomic E-state index is 0.121. The van der Waals surface area contributed by atoms with Gasteiger partial charge in [-0.1, -0.05) is 12.1 Å². The second-order valence-electron chi connectivity index (χ2n) is 8.08. The Morgan fingerprint density at radius 3 is 2.72 bits per heavy atom. The summed E-state index contributed by atoms with van der Waals surface area (Å²) in [4.78, 5) is 18.6. The summed E-state index contributed by atoms with van der Waals surface area (Å²) in [5, 5.41) is 4.61. The number of piperidine rings is 3. The van der Waals surface area contributed by atoms with Crippen LogP contribution in [0.25, 0.3) is 10.1 Å². The largest absolute Gasteiger partial charge is 0.377 e. The molecule has 1 N–H and O–H groups in total. The van der Waals surface area contributed by atoms with Crippen molar-refractivity contribution >= 4 is 33.0 Å². The zero-order valence-electron chi connectivity index (χ0n) is 14.9. The van der Waals surface area contributed by atoms with Gasteiger partial charge in [0.2, 0.25) is 0 Å². The number of nitrogens with zero attached hydrogens (tertiary/aromatic N) is 2. The molecule has 1 atom stereocenters. The van der Waals surface area contributed by atoms with Crippen molar-refractivity contribution < 1.29 is 4.79 Å². The van der Waals surface area contributed by atoms with Gasteiger partial charge in [-0.25, -0.2) is 0 Å². The Morgan fingerprint density at radius 1 is 1.28 bits per heavy atom. The molecule has 4 nitrogen and oxygen atoms in total. The molecule has 1 aromatic heterocycles. The quantitative estimate of drug-likeness (QED) is 0.917. The van der Waals surface area contributed by atoms with Gasteiger partial charge in [0.1, 0.15) is 0 Å². The van der Waals surface area contributed by atoms with Gasteiger partial charge in [-0.05, 0) is 62.2 Å². The van der Waals surface area contributed by atoms with Crippen molar-refractivity contribution in [2.24, 2.45) is 5.92 Å². The summed E-state index contributed by atoms with van der Waals surface area (Å²) in [5.74, 6) is 0.791. The number of fused-ring (bicyclic) bond motifs is 3. The number of nitrogens with one attached hydrogen (secondary N) is 1. The molecule has 132 valence electrons. The third kappa shape index (κ3) is 2.32. The second kappa shape index (κ2) is 5.45. The molecular weight excluding hydrogens is 330 g/mol.